The minimum atomic E-state index is 0.649. The minimum Gasteiger partial charge on any atom is -0.385 e. The van der Waals surface area contributed by atoms with Gasteiger partial charge in [0.05, 0.1) is 0 Å². The number of ether oxygens (including phenoxy) is 1. The molecule has 0 fully saturated rings. The molecule has 3 heteroatoms. The molecular formula is C13H30N2O. The second-order valence-electron chi connectivity index (χ2n) is 4.94. The normalized spacial score (nSPS) is 13.7. The standard InChI is InChI=1S/C13H30N2O/c1-6-13(11-14-10-12(2)3)15(4)8-7-9-16-5/h12-14H,6-11H2,1-5H3. The smallest absolute Gasteiger partial charge is 0.0474 e. The van der Waals surface area contributed by atoms with Crippen LogP contribution in [0, 0.1) is 5.92 Å². The molecule has 0 radical (unpaired) electrons. The largest absolute Gasteiger partial charge is 0.385 e. The van der Waals surface area contributed by atoms with Gasteiger partial charge in [-0.2, -0.15) is 0 Å². The highest BCUT2D eigenvalue weighted by molar-refractivity contribution is 4.70. The Morgan fingerprint density at radius 3 is 2.44 bits per heavy atom. The molecule has 0 bridgehead atoms. The molecule has 0 heterocycles. The third-order valence-electron chi connectivity index (χ3n) is 2.89. The fraction of sp³-hybridized carbons (Fsp3) is 1.00. The van der Waals surface area contributed by atoms with Gasteiger partial charge in [0, 0.05) is 32.8 Å². The van der Waals surface area contributed by atoms with Crippen molar-refractivity contribution in [1.82, 2.24) is 10.2 Å². The highest BCUT2D eigenvalue weighted by Crippen LogP contribution is 2.02. The van der Waals surface area contributed by atoms with Gasteiger partial charge in [0.2, 0.25) is 0 Å². The Kier molecular flexibility index (Phi) is 9.99. The van der Waals surface area contributed by atoms with Gasteiger partial charge in [0.15, 0.2) is 0 Å². The summed E-state index contributed by atoms with van der Waals surface area (Å²) in [6.45, 7) is 10.9. The molecule has 0 spiro atoms. The van der Waals surface area contributed by atoms with E-state index in [0.717, 1.165) is 38.6 Å². The van der Waals surface area contributed by atoms with Crippen molar-refractivity contribution in [2.75, 3.05) is 40.4 Å². The predicted molar refractivity (Wildman–Crippen MR) is 70.9 cm³/mol. The number of methoxy groups -OCH3 is 1. The maximum atomic E-state index is 5.08. The van der Waals surface area contributed by atoms with Gasteiger partial charge >= 0.3 is 0 Å². The number of hydrogen-bond acceptors (Lipinski definition) is 3. The van der Waals surface area contributed by atoms with Gasteiger partial charge in [-0.25, -0.2) is 0 Å². The van der Waals surface area contributed by atoms with Crippen molar-refractivity contribution in [2.24, 2.45) is 5.92 Å². The summed E-state index contributed by atoms with van der Waals surface area (Å²) < 4.78 is 5.08. The Morgan fingerprint density at radius 2 is 1.94 bits per heavy atom. The summed E-state index contributed by atoms with van der Waals surface area (Å²) in [6, 6.07) is 0.649. The van der Waals surface area contributed by atoms with E-state index >= 15 is 0 Å². The number of hydrogen-bond donors (Lipinski definition) is 1. The molecule has 0 aliphatic rings. The maximum absolute atomic E-state index is 5.08. The molecule has 3 nitrogen and oxygen atoms in total. The van der Waals surface area contributed by atoms with Crippen LogP contribution in [-0.4, -0.2) is 51.3 Å². The maximum Gasteiger partial charge on any atom is 0.0474 e. The fourth-order valence-corrected chi connectivity index (χ4v) is 1.79. The Balaban J connectivity index is 3.69. The lowest BCUT2D eigenvalue weighted by molar-refractivity contribution is 0.162. The van der Waals surface area contributed by atoms with Crippen molar-refractivity contribution in [3.8, 4) is 0 Å². The first-order valence-corrected chi connectivity index (χ1v) is 6.51. The second kappa shape index (κ2) is 10.1. The first kappa shape index (κ1) is 15.9. The van der Waals surface area contributed by atoms with Crippen LogP contribution in [0.25, 0.3) is 0 Å². The highest BCUT2D eigenvalue weighted by Gasteiger charge is 2.11. The van der Waals surface area contributed by atoms with E-state index in [9.17, 15) is 0 Å². The van der Waals surface area contributed by atoms with E-state index in [1.54, 1.807) is 7.11 Å². The quantitative estimate of drug-likeness (QED) is 0.581. The Bertz CT molecular complexity index is 151. The number of nitrogens with zero attached hydrogens (tertiary/aromatic N) is 1. The van der Waals surface area contributed by atoms with Gasteiger partial charge in [-0.1, -0.05) is 20.8 Å². The van der Waals surface area contributed by atoms with Crippen LogP contribution in [0.15, 0.2) is 0 Å². The molecule has 0 rings (SSSR count). The third-order valence-corrected chi connectivity index (χ3v) is 2.89. The molecule has 16 heavy (non-hydrogen) atoms. The van der Waals surface area contributed by atoms with E-state index in [1.807, 2.05) is 0 Å². The first-order chi connectivity index (χ1) is 7.61. The Hall–Kier alpha value is -0.120. The van der Waals surface area contributed by atoms with Crippen molar-refractivity contribution in [3.63, 3.8) is 0 Å². The topological polar surface area (TPSA) is 24.5 Å². The van der Waals surface area contributed by atoms with Crippen molar-refractivity contribution >= 4 is 0 Å². The molecule has 1 atom stereocenters. The summed E-state index contributed by atoms with van der Waals surface area (Å²) in [5, 5.41) is 3.53. The van der Waals surface area contributed by atoms with Crippen LogP contribution in [0.4, 0.5) is 0 Å². The second-order valence-corrected chi connectivity index (χ2v) is 4.94. The van der Waals surface area contributed by atoms with E-state index in [1.165, 1.54) is 6.42 Å². The molecule has 0 aromatic carbocycles. The SMILES string of the molecule is CCC(CNCC(C)C)N(C)CCCOC. The van der Waals surface area contributed by atoms with E-state index < -0.39 is 0 Å². The monoisotopic (exact) mass is 230 g/mol. The van der Waals surface area contributed by atoms with E-state index in [-0.39, 0.29) is 0 Å². The van der Waals surface area contributed by atoms with Crippen molar-refractivity contribution in [2.45, 2.75) is 39.7 Å². The van der Waals surface area contributed by atoms with E-state index in [2.05, 4.69) is 38.0 Å². The molecule has 0 aliphatic carbocycles. The lowest BCUT2D eigenvalue weighted by atomic mass is 10.1. The van der Waals surface area contributed by atoms with Crippen molar-refractivity contribution < 1.29 is 4.74 Å². The summed E-state index contributed by atoms with van der Waals surface area (Å²) in [5.74, 6) is 0.733. The van der Waals surface area contributed by atoms with Crippen LogP contribution in [0.1, 0.15) is 33.6 Å². The molecule has 0 aliphatic heterocycles. The predicted octanol–water partition coefficient (Wildman–Crippen LogP) is 1.98. The molecule has 1 unspecified atom stereocenters. The van der Waals surface area contributed by atoms with Crippen LogP contribution < -0.4 is 5.32 Å². The summed E-state index contributed by atoms with van der Waals surface area (Å²) >= 11 is 0. The summed E-state index contributed by atoms with van der Waals surface area (Å²) in [7, 11) is 3.97. The number of likely N-dealkylation sites (N-methyl/N-ethyl adjacent to an activating group) is 1. The highest BCUT2D eigenvalue weighted by atomic mass is 16.5. The van der Waals surface area contributed by atoms with Gasteiger partial charge < -0.3 is 15.0 Å². The summed E-state index contributed by atoms with van der Waals surface area (Å²) in [4.78, 5) is 2.44. The van der Waals surface area contributed by atoms with Gasteiger partial charge in [-0.3, -0.25) is 0 Å². The lowest BCUT2D eigenvalue weighted by Gasteiger charge is -2.27. The zero-order chi connectivity index (χ0) is 12.4. The Morgan fingerprint density at radius 1 is 1.25 bits per heavy atom. The average molecular weight is 230 g/mol. The van der Waals surface area contributed by atoms with Crippen LogP contribution in [0.5, 0.6) is 0 Å². The van der Waals surface area contributed by atoms with Gasteiger partial charge in [0.1, 0.15) is 0 Å². The first-order valence-electron chi connectivity index (χ1n) is 6.51. The van der Waals surface area contributed by atoms with Gasteiger partial charge in [-0.15, -0.1) is 0 Å². The zero-order valence-corrected chi connectivity index (χ0v) is 11.8. The van der Waals surface area contributed by atoms with Crippen LogP contribution in [0.2, 0.25) is 0 Å². The molecule has 98 valence electrons. The van der Waals surface area contributed by atoms with Gasteiger partial charge in [-0.05, 0) is 32.4 Å². The fourth-order valence-electron chi connectivity index (χ4n) is 1.79. The third kappa shape index (κ3) is 8.08. The number of nitrogens with one attached hydrogen (secondary N) is 1. The zero-order valence-electron chi connectivity index (χ0n) is 11.8. The van der Waals surface area contributed by atoms with Crippen LogP contribution in [0.3, 0.4) is 0 Å². The average Bonchev–Trinajstić information content (AvgIpc) is 2.24. The van der Waals surface area contributed by atoms with Crippen LogP contribution >= 0.6 is 0 Å². The minimum absolute atomic E-state index is 0.649. The Labute approximate surface area is 102 Å². The molecule has 0 aromatic heterocycles. The molecular weight excluding hydrogens is 200 g/mol. The molecule has 0 aromatic rings. The summed E-state index contributed by atoms with van der Waals surface area (Å²) in [6.07, 6.45) is 2.32. The van der Waals surface area contributed by atoms with Gasteiger partial charge in [0.25, 0.3) is 0 Å². The molecule has 0 saturated carbocycles. The van der Waals surface area contributed by atoms with E-state index in [0.29, 0.717) is 6.04 Å². The lowest BCUT2D eigenvalue weighted by Crippen LogP contribution is -2.41. The summed E-state index contributed by atoms with van der Waals surface area (Å²) in [5.41, 5.74) is 0. The van der Waals surface area contributed by atoms with Crippen molar-refractivity contribution in [3.05, 3.63) is 0 Å². The van der Waals surface area contributed by atoms with E-state index in [4.69, 9.17) is 4.74 Å². The molecule has 0 amide bonds. The molecule has 0 saturated heterocycles. The van der Waals surface area contributed by atoms with Crippen LogP contribution in [-0.2, 0) is 4.74 Å². The van der Waals surface area contributed by atoms with Crippen molar-refractivity contribution in [1.29, 1.82) is 0 Å². The number of rotatable bonds is 10. The molecule has 1 N–H and O–H groups in total.